The zero-order valence-corrected chi connectivity index (χ0v) is 8.25. The molecule has 2 aliphatic rings. The first-order valence-electron chi connectivity index (χ1n) is 5.34. The van der Waals surface area contributed by atoms with Gasteiger partial charge in [0.15, 0.2) is 0 Å². The Labute approximate surface area is 79.5 Å². The van der Waals surface area contributed by atoms with E-state index in [1.807, 2.05) is 0 Å². The highest BCUT2D eigenvalue weighted by molar-refractivity contribution is 5.81. The van der Waals surface area contributed by atoms with Crippen molar-refractivity contribution in [2.24, 2.45) is 5.92 Å². The predicted octanol–water partition coefficient (Wildman–Crippen LogP) is 0.607. The van der Waals surface area contributed by atoms with Gasteiger partial charge in [-0.05, 0) is 12.8 Å². The lowest BCUT2D eigenvalue weighted by Crippen LogP contribution is -2.49. The molecule has 74 valence electrons. The van der Waals surface area contributed by atoms with Crippen LogP contribution < -0.4 is 5.32 Å². The lowest BCUT2D eigenvalue weighted by Gasteiger charge is -2.30. The Morgan fingerprint density at radius 2 is 2.46 bits per heavy atom. The van der Waals surface area contributed by atoms with Crippen LogP contribution in [0.1, 0.15) is 26.2 Å². The fourth-order valence-corrected chi connectivity index (χ4v) is 2.52. The van der Waals surface area contributed by atoms with Crippen molar-refractivity contribution in [1.29, 1.82) is 0 Å². The van der Waals surface area contributed by atoms with Crippen LogP contribution in [0.2, 0.25) is 0 Å². The summed E-state index contributed by atoms with van der Waals surface area (Å²) >= 11 is 0. The largest absolute Gasteiger partial charge is 0.337 e. The smallest absolute Gasteiger partial charge is 0.226 e. The number of carbonyl (C=O) groups excluding carboxylic acids is 1. The summed E-state index contributed by atoms with van der Waals surface area (Å²) in [5, 5.41) is 3.35. The molecule has 3 heteroatoms. The maximum Gasteiger partial charge on any atom is 0.226 e. The molecular formula is C10H18N2O. The first-order chi connectivity index (χ1) is 6.33. The highest BCUT2D eigenvalue weighted by atomic mass is 16.2. The predicted molar refractivity (Wildman–Crippen MR) is 51.4 cm³/mol. The van der Waals surface area contributed by atoms with Gasteiger partial charge >= 0.3 is 0 Å². The van der Waals surface area contributed by atoms with Gasteiger partial charge in [0, 0.05) is 31.6 Å². The van der Waals surface area contributed by atoms with Gasteiger partial charge in [0.05, 0.1) is 0 Å². The van der Waals surface area contributed by atoms with Crippen molar-refractivity contribution in [3.63, 3.8) is 0 Å². The minimum atomic E-state index is 0.329. The van der Waals surface area contributed by atoms with Gasteiger partial charge in [-0.25, -0.2) is 0 Å². The van der Waals surface area contributed by atoms with Crippen LogP contribution in [0.5, 0.6) is 0 Å². The molecule has 13 heavy (non-hydrogen) atoms. The van der Waals surface area contributed by atoms with E-state index in [0.29, 0.717) is 17.9 Å². The number of carbonyl (C=O) groups is 1. The van der Waals surface area contributed by atoms with Gasteiger partial charge in [0.2, 0.25) is 5.91 Å². The van der Waals surface area contributed by atoms with E-state index in [0.717, 1.165) is 38.9 Å². The second-order valence-corrected chi connectivity index (χ2v) is 4.11. The molecule has 0 aromatic rings. The Bertz CT molecular complexity index is 205. The van der Waals surface area contributed by atoms with Gasteiger partial charge in [0.25, 0.3) is 0 Å². The third-order valence-electron chi connectivity index (χ3n) is 3.18. The molecule has 0 radical (unpaired) electrons. The number of fused-ring (bicyclic) bond motifs is 1. The van der Waals surface area contributed by atoms with E-state index < -0.39 is 0 Å². The Balaban J connectivity index is 2.01. The van der Waals surface area contributed by atoms with E-state index in [9.17, 15) is 4.79 Å². The molecule has 2 aliphatic heterocycles. The second-order valence-electron chi connectivity index (χ2n) is 4.11. The average molecular weight is 182 g/mol. The molecule has 0 saturated carbocycles. The van der Waals surface area contributed by atoms with Crippen LogP contribution >= 0.6 is 0 Å². The number of amides is 1. The molecule has 0 bridgehead atoms. The summed E-state index contributed by atoms with van der Waals surface area (Å²) in [5.41, 5.74) is 0. The molecule has 0 unspecified atom stereocenters. The third-order valence-corrected chi connectivity index (χ3v) is 3.18. The minimum Gasteiger partial charge on any atom is -0.337 e. The Morgan fingerprint density at radius 1 is 1.62 bits per heavy atom. The van der Waals surface area contributed by atoms with Gasteiger partial charge in [0.1, 0.15) is 0 Å². The third kappa shape index (κ3) is 1.57. The molecule has 2 heterocycles. The molecule has 2 atom stereocenters. The van der Waals surface area contributed by atoms with Crippen LogP contribution in [0.25, 0.3) is 0 Å². The van der Waals surface area contributed by atoms with E-state index in [1.165, 1.54) is 0 Å². The van der Waals surface area contributed by atoms with Crippen LogP contribution in [0, 0.1) is 5.92 Å². The summed E-state index contributed by atoms with van der Waals surface area (Å²) in [5.74, 6) is 0.739. The van der Waals surface area contributed by atoms with Gasteiger partial charge < -0.3 is 10.2 Å². The molecule has 0 aliphatic carbocycles. The van der Waals surface area contributed by atoms with E-state index in [-0.39, 0.29) is 0 Å². The number of nitrogens with one attached hydrogen (secondary N) is 1. The van der Waals surface area contributed by atoms with Crippen LogP contribution in [-0.2, 0) is 4.79 Å². The normalized spacial score (nSPS) is 33.6. The van der Waals surface area contributed by atoms with Crippen molar-refractivity contribution in [1.82, 2.24) is 10.2 Å². The number of nitrogens with zero attached hydrogens (tertiary/aromatic N) is 1. The summed E-state index contributed by atoms with van der Waals surface area (Å²) in [6, 6.07) is 0.498. The molecule has 1 amide bonds. The fourth-order valence-electron chi connectivity index (χ4n) is 2.52. The molecule has 2 saturated heterocycles. The van der Waals surface area contributed by atoms with Crippen LogP contribution in [0.15, 0.2) is 0 Å². The van der Waals surface area contributed by atoms with Crippen molar-refractivity contribution in [3.8, 4) is 0 Å². The molecular weight excluding hydrogens is 164 g/mol. The summed E-state index contributed by atoms with van der Waals surface area (Å²) in [6.45, 7) is 5.06. The van der Waals surface area contributed by atoms with Crippen molar-refractivity contribution < 1.29 is 4.79 Å². The van der Waals surface area contributed by atoms with Gasteiger partial charge in [-0.15, -0.1) is 0 Å². The molecule has 2 fully saturated rings. The molecule has 0 aromatic heterocycles. The molecule has 3 nitrogen and oxygen atoms in total. The van der Waals surface area contributed by atoms with Crippen LogP contribution in [0.3, 0.4) is 0 Å². The number of rotatable bonds is 2. The standard InChI is InChI=1S/C10H18N2O/c1-2-3-8-6-9-7-11-4-5-12(9)10(8)13/h8-9,11H,2-7H2,1H3/t8-,9-/m0/s1. The molecule has 2 rings (SSSR count). The molecule has 1 N–H and O–H groups in total. The quantitative estimate of drug-likeness (QED) is 0.678. The minimum absolute atomic E-state index is 0.329. The van der Waals surface area contributed by atoms with Gasteiger partial charge in [-0.3, -0.25) is 4.79 Å². The average Bonchev–Trinajstić information content (AvgIpc) is 2.46. The van der Waals surface area contributed by atoms with Crippen LogP contribution in [0.4, 0.5) is 0 Å². The number of piperazine rings is 1. The zero-order valence-electron chi connectivity index (χ0n) is 8.25. The van der Waals surface area contributed by atoms with E-state index >= 15 is 0 Å². The van der Waals surface area contributed by atoms with Crippen molar-refractivity contribution >= 4 is 5.91 Å². The topological polar surface area (TPSA) is 32.3 Å². The highest BCUT2D eigenvalue weighted by Crippen LogP contribution is 2.28. The van der Waals surface area contributed by atoms with Crippen molar-refractivity contribution in [2.75, 3.05) is 19.6 Å². The SMILES string of the molecule is CCC[C@H]1C[C@H]2CNCCN2C1=O. The lowest BCUT2D eigenvalue weighted by atomic mass is 10.00. The van der Waals surface area contributed by atoms with Crippen molar-refractivity contribution in [2.45, 2.75) is 32.2 Å². The van der Waals surface area contributed by atoms with Crippen molar-refractivity contribution in [3.05, 3.63) is 0 Å². The highest BCUT2D eigenvalue weighted by Gasteiger charge is 2.39. The molecule has 0 aromatic carbocycles. The zero-order chi connectivity index (χ0) is 9.26. The Kier molecular flexibility index (Phi) is 2.54. The summed E-state index contributed by atoms with van der Waals surface area (Å²) in [7, 11) is 0. The number of hydrogen-bond donors (Lipinski definition) is 1. The molecule has 0 spiro atoms. The summed E-state index contributed by atoms with van der Waals surface area (Å²) in [6.07, 6.45) is 3.29. The first kappa shape index (κ1) is 9.00. The Hall–Kier alpha value is -0.570. The number of hydrogen-bond acceptors (Lipinski definition) is 2. The summed E-state index contributed by atoms with van der Waals surface area (Å²) < 4.78 is 0. The maximum absolute atomic E-state index is 11.8. The lowest BCUT2D eigenvalue weighted by molar-refractivity contribution is -0.132. The van der Waals surface area contributed by atoms with Gasteiger partial charge in [-0.2, -0.15) is 0 Å². The van der Waals surface area contributed by atoms with E-state index in [2.05, 4.69) is 17.1 Å². The monoisotopic (exact) mass is 182 g/mol. The Morgan fingerprint density at radius 3 is 3.15 bits per heavy atom. The van der Waals surface area contributed by atoms with E-state index in [1.54, 1.807) is 0 Å². The fraction of sp³-hybridized carbons (Fsp3) is 0.900. The van der Waals surface area contributed by atoms with Gasteiger partial charge in [-0.1, -0.05) is 13.3 Å². The second kappa shape index (κ2) is 3.66. The van der Waals surface area contributed by atoms with Crippen LogP contribution in [-0.4, -0.2) is 36.5 Å². The first-order valence-corrected chi connectivity index (χ1v) is 5.34. The maximum atomic E-state index is 11.8. The van der Waals surface area contributed by atoms with E-state index in [4.69, 9.17) is 0 Å². The summed E-state index contributed by atoms with van der Waals surface area (Å²) in [4.78, 5) is 13.9.